The van der Waals surface area contributed by atoms with Crippen molar-refractivity contribution in [1.29, 1.82) is 0 Å². The van der Waals surface area contributed by atoms with E-state index < -0.39 is 4.92 Å². The fourth-order valence-electron chi connectivity index (χ4n) is 3.55. The highest BCUT2D eigenvalue weighted by Gasteiger charge is 2.27. The van der Waals surface area contributed by atoms with E-state index in [1.807, 2.05) is 6.07 Å². The summed E-state index contributed by atoms with van der Waals surface area (Å²) in [5.41, 5.74) is 0.214. The highest BCUT2D eigenvalue weighted by atomic mass is 35.5. The van der Waals surface area contributed by atoms with Gasteiger partial charge < -0.3 is 10.2 Å². The van der Waals surface area contributed by atoms with Crippen LogP contribution in [0.25, 0.3) is 0 Å². The van der Waals surface area contributed by atoms with Crippen LogP contribution in [0.2, 0.25) is 5.02 Å². The summed E-state index contributed by atoms with van der Waals surface area (Å²) in [4.78, 5) is 26.2. The Labute approximate surface area is 173 Å². The maximum atomic E-state index is 12.5. The molecule has 0 aromatic heterocycles. The summed E-state index contributed by atoms with van der Waals surface area (Å²) >= 11 is 7.24. The minimum absolute atomic E-state index is 0.0856. The summed E-state index contributed by atoms with van der Waals surface area (Å²) in [5.74, 6) is -0.281. The molecule has 6 nitrogen and oxygen atoms in total. The second kappa shape index (κ2) is 9.41. The Morgan fingerprint density at radius 3 is 2.89 bits per heavy atom. The number of nitrogens with zero attached hydrogens (tertiary/aromatic N) is 1. The van der Waals surface area contributed by atoms with Gasteiger partial charge in [0.15, 0.2) is 6.67 Å². The number of nitro groups is 1. The molecule has 1 heterocycles. The van der Waals surface area contributed by atoms with Crippen molar-refractivity contribution >= 4 is 35.0 Å². The van der Waals surface area contributed by atoms with Crippen LogP contribution >= 0.6 is 23.4 Å². The normalized spacial score (nSPS) is 18.8. The molecular formula is C20H23ClN3O3S+. The largest absolute Gasteiger partial charge is 0.316 e. The van der Waals surface area contributed by atoms with Crippen molar-refractivity contribution in [3.05, 3.63) is 63.2 Å². The predicted octanol–water partition coefficient (Wildman–Crippen LogP) is 3.54. The van der Waals surface area contributed by atoms with Crippen LogP contribution in [0, 0.1) is 10.1 Å². The van der Waals surface area contributed by atoms with Crippen molar-refractivity contribution in [2.24, 2.45) is 0 Å². The van der Waals surface area contributed by atoms with Crippen LogP contribution in [0.3, 0.4) is 0 Å². The van der Waals surface area contributed by atoms with Gasteiger partial charge in [0.2, 0.25) is 0 Å². The van der Waals surface area contributed by atoms with Crippen LogP contribution in [-0.2, 0) is 0 Å². The number of carbonyl (C=O) groups is 1. The van der Waals surface area contributed by atoms with Crippen LogP contribution in [0.15, 0.2) is 52.3 Å². The molecule has 148 valence electrons. The third-order valence-corrected chi connectivity index (χ3v) is 6.33. The highest BCUT2D eigenvalue weighted by Crippen LogP contribution is 2.36. The third-order valence-electron chi connectivity index (χ3n) is 5.04. The Balaban J connectivity index is 1.72. The lowest BCUT2D eigenvalue weighted by molar-refractivity contribution is -0.914. The van der Waals surface area contributed by atoms with Gasteiger partial charge in [-0.2, -0.15) is 0 Å². The summed E-state index contributed by atoms with van der Waals surface area (Å²) in [6, 6.07) is 12.3. The van der Waals surface area contributed by atoms with Crippen LogP contribution in [0.5, 0.6) is 0 Å². The molecule has 0 saturated carbocycles. The molecule has 2 unspecified atom stereocenters. The first kappa shape index (κ1) is 20.6. The van der Waals surface area contributed by atoms with Gasteiger partial charge >= 0.3 is 0 Å². The lowest BCUT2D eigenvalue weighted by Gasteiger charge is -2.20. The van der Waals surface area contributed by atoms with E-state index in [2.05, 4.69) is 12.2 Å². The van der Waals surface area contributed by atoms with E-state index in [9.17, 15) is 14.9 Å². The first-order chi connectivity index (χ1) is 13.5. The molecule has 2 aromatic carbocycles. The van der Waals surface area contributed by atoms with Gasteiger partial charge in [0.25, 0.3) is 11.6 Å². The van der Waals surface area contributed by atoms with Gasteiger partial charge in [0, 0.05) is 34.4 Å². The van der Waals surface area contributed by atoms with Crippen LogP contribution in [0.4, 0.5) is 5.69 Å². The van der Waals surface area contributed by atoms with Crippen molar-refractivity contribution in [3.8, 4) is 0 Å². The SMILES string of the molecule is CCC1CCC[NH+]1CNC(=O)c1ccc(Sc2cccc(Cl)c2)c([N+](=O)[O-])c1. The van der Waals surface area contributed by atoms with Crippen molar-refractivity contribution in [1.82, 2.24) is 5.32 Å². The molecule has 1 fully saturated rings. The molecule has 1 aliphatic rings. The van der Waals surface area contributed by atoms with E-state index in [0.29, 0.717) is 28.2 Å². The van der Waals surface area contributed by atoms with Crippen LogP contribution in [-0.4, -0.2) is 30.1 Å². The molecule has 28 heavy (non-hydrogen) atoms. The zero-order chi connectivity index (χ0) is 20.1. The molecule has 0 aliphatic carbocycles. The Kier molecular flexibility index (Phi) is 6.93. The monoisotopic (exact) mass is 420 g/mol. The van der Waals surface area contributed by atoms with Crippen molar-refractivity contribution < 1.29 is 14.6 Å². The van der Waals surface area contributed by atoms with E-state index in [1.165, 1.54) is 35.6 Å². The average Bonchev–Trinajstić information content (AvgIpc) is 3.14. The second-order valence-corrected chi connectivity index (χ2v) is 8.39. The number of hydrogen-bond acceptors (Lipinski definition) is 4. The third kappa shape index (κ3) is 5.04. The summed E-state index contributed by atoms with van der Waals surface area (Å²) in [7, 11) is 0. The Bertz CT molecular complexity index is 878. The summed E-state index contributed by atoms with van der Waals surface area (Å²) in [5, 5.41) is 15.0. The van der Waals surface area contributed by atoms with Crippen molar-refractivity contribution in [2.75, 3.05) is 13.2 Å². The zero-order valence-electron chi connectivity index (χ0n) is 15.6. The van der Waals surface area contributed by atoms with E-state index >= 15 is 0 Å². The Hall–Kier alpha value is -2.09. The van der Waals surface area contributed by atoms with E-state index in [4.69, 9.17) is 11.6 Å². The van der Waals surface area contributed by atoms with Gasteiger partial charge in [0.05, 0.1) is 22.4 Å². The summed E-state index contributed by atoms with van der Waals surface area (Å²) in [6.45, 7) is 3.76. The topological polar surface area (TPSA) is 76.7 Å². The van der Waals surface area contributed by atoms with Gasteiger partial charge in [-0.3, -0.25) is 14.9 Å². The van der Waals surface area contributed by atoms with Crippen molar-refractivity contribution in [2.45, 2.75) is 42.0 Å². The van der Waals surface area contributed by atoms with Gasteiger partial charge in [-0.05, 0) is 36.8 Å². The van der Waals surface area contributed by atoms with Crippen LogP contribution < -0.4 is 10.2 Å². The van der Waals surface area contributed by atoms with Gasteiger partial charge in [-0.25, -0.2) is 0 Å². The molecule has 2 atom stereocenters. The fourth-order valence-corrected chi connectivity index (χ4v) is 4.77. The van der Waals surface area contributed by atoms with E-state index in [0.717, 1.165) is 17.9 Å². The second-order valence-electron chi connectivity index (χ2n) is 6.84. The number of likely N-dealkylation sites (tertiary alicyclic amines) is 1. The standard InChI is InChI=1S/C20H22ClN3O3S/c1-2-16-6-4-10-23(16)13-22-20(25)14-8-9-19(18(11-14)24(26)27)28-17-7-3-5-15(21)12-17/h3,5,7-9,11-12,16H,2,4,6,10,13H2,1H3,(H,22,25)/p+1. The molecule has 0 radical (unpaired) electrons. The number of rotatable bonds is 7. The zero-order valence-corrected chi connectivity index (χ0v) is 17.2. The van der Waals surface area contributed by atoms with Gasteiger partial charge in [-0.15, -0.1) is 0 Å². The molecule has 2 N–H and O–H groups in total. The fraction of sp³-hybridized carbons (Fsp3) is 0.350. The minimum atomic E-state index is -0.456. The number of carbonyl (C=O) groups excluding carboxylic acids is 1. The molecule has 0 bridgehead atoms. The number of hydrogen-bond donors (Lipinski definition) is 2. The van der Waals surface area contributed by atoms with Gasteiger partial charge in [0.1, 0.15) is 0 Å². The molecule has 8 heteroatoms. The number of quaternary nitrogens is 1. The maximum Gasteiger partial charge on any atom is 0.284 e. The number of nitro benzene ring substituents is 1. The van der Waals surface area contributed by atoms with Crippen molar-refractivity contribution in [3.63, 3.8) is 0 Å². The molecule has 2 aromatic rings. The highest BCUT2D eigenvalue weighted by molar-refractivity contribution is 7.99. The molecular weight excluding hydrogens is 398 g/mol. The smallest absolute Gasteiger partial charge is 0.284 e. The maximum absolute atomic E-state index is 12.5. The number of nitrogens with one attached hydrogen (secondary N) is 2. The summed E-state index contributed by atoms with van der Waals surface area (Å²) in [6.07, 6.45) is 3.44. The minimum Gasteiger partial charge on any atom is -0.316 e. The number of amides is 1. The number of halogens is 1. The molecule has 1 aliphatic heterocycles. The number of benzene rings is 2. The predicted molar refractivity (Wildman–Crippen MR) is 110 cm³/mol. The quantitative estimate of drug-likeness (QED) is 0.530. The lowest BCUT2D eigenvalue weighted by Crippen LogP contribution is -3.15. The molecule has 1 saturated heterocycles. The molecule has 3 rings (SSSR count). The summed E-state index contributed by atoms with van der Waals surface area (Å²) < 4.78 is 0. The Morgan fingerprint density at radius 2 is 2.18 bits per heavy atom. The lowest BCUT2D eigenvalue weighted by atomic mass is 10.2. The first-order valence-corrected chi connectivity index (χ1v) is 10.5. The first-order valence-electron chi connectivity index (χ1n) is 9.32. The average molecular weight is 421 g/mol. The van der Waals surface area contributed by atoms with Gasteiger partial charge in [-0.1, -0.05) is 36.4 Å². The van der Waals surface area contributed by atoms with Crippen LogP contribution in [0.1, 0.15) is 36.5 Å². The Morgan fingerprint density at radius 1 is 1.36 bits per heavy atom. The molecule has 0 spiro atoms. The van der Waals surface area contributed by atoms with E-state index in [1.54, 1.807) is 30.3 Å². The molecule has 1 amide bonds. The van der Waals surface area contributed by atoms with E-state index in [-0.39, 0.29) is 11.6 Å².